The molecule has 8 heteroatoms. The summed E-state index contributed by atoms with van der Waals surface area (Å²) in [6.07, 6.45) is 1.30. The van der Waals surface area contributed by atoms with Crippen LogP contribution in [0.2, 0.25) is 0 Å². The fourth-order valence-corrected chi connectivity index (χ4v) is 3.23. The summed E-state index contributed by atoms with van der Waals surface area (Å²) >= 11 is 1.23. The van der Waals surface area contributed by atoms with Crippen LogP contribution in [0.4, 0.5) is 4.39 Å². The molecule has 2 N–H and O–H groups in total. The molecule has 1 aliphatic rings. The molecule has 0 saturated heterocycles. The molecule has 0 fully saturated rings. The zero-order valence-corrected chi connectivity index (χ0v) is 12.8. The Bertz CT molecular complexity index is 948. The normalized spacial score (nSPS) is 20.1. The molecule has 3 aromatic rings. The van der Waals surface area contributed by atoms with Crippen LogP contribution in [0.25, 0.3) is 10.9 Å². The number of nitrogens with one attached hydrogen (secondary N) is 2. The third-order valence-electron chi connectivity index (χ3n) is 3.65. The van der Waals surface area contributed by atoms with E-state index < -0.39 is 5.66 Å². The van der Waals surface area contributed by atoms with Crippen molar-refractivity contribution in [1.29, 1.82) is 0 Å². The average Bonchev–Trinajstić information content (AvgIpc) is 3.24. The highest BCUT2D eigenvalue weighted by Gasteiger charge is 2.33. The summed E-state index contributed by atoms with van der Waals surface area (Å²) in [7, 11) is 0. The third kappa shape index (κ3) is 2.32. The van der Waals surface area contributed by atoms with E-state index in [1.165, 1.54) is 29.9 Å². The molecule has 0 radical (unpaired) electrons. The number of carbonyl (C=O) groups excluding carboxylic acids is 1. The summed E-state index contributed by atoms with van der Waals surface area (Å²) in [6, 6.07) is 5.95. The number of fused-ring (bicyclic) bond motifs is 1. The molecule has 1 atom stereocenters. The lowest BCUT2D eigenvalue weighted by molar-refractivity contribution is 0.103. The Labute approximate surface area is 134 Å². The monoisotopic (exact) mass is 330 g/mol. The Kier molecular flexibility index (Phi) is 3.03. The van der Waals surface area contributed by atoms with E-state index >= 15 is 0 Å². The summed E-state index contributed by atoms with van der Waals surface area (Å²) in [4.78, 5) is 29.0. The maximum Gasteiger partial charge on any atom is 0.237 e. The molecule has 116 valence electrons. The molecule has 0 saturated carbocycles. The van der Waals surface area contributed by atoms with Crippen LogP contribution < -0.4 is 5.48 Å². The van der Waals surface area contributed by atoms with E-state index in [9.17, 15) is 9.18 Å². The third-order valence-corrected chi connectivity index (χ3v) is 4.49. The van der Waals surface area contributed by atoms with Gasteiger partial charge in [-0.1, -0.05) is 0 Å². The van der Waals surface area contributed by atoms with Crippen molar-refractivity contribution < 1.29 is 14.0 Å². The van der Waals surface area contributed by atoms with Gasteiger partial charge in [0.1, 0.15) is 5.82 Å². The first-order chi connectivity index (χ1) is 11.0. The van der Waals surface area contributed by atoms with Crippen molar-refractivity contribution in [1.82, 2.24) is 15.4 Å². The van der Waals surface area contributed by atoms with Gasteiger partial charge in [0.05, 0.1) is 11.4 Å². The molecule has 23 heavy (non-hydrogen) atoms. The van der Waals surface area contributed by atoms with Crippen LogP contribution in [0.5, 0.6) is 0 Å². The average molecular weight is 330 g/mol. The summed E-state index contributed by atoms with van der Waals surface area (Å²) in [5.41, 5.74) is 3.61. The van der Waals surface area contributed by atoms with Gasteiger partial charge < -0.3 is 9.82 Å². The van der Waals surface area contributed by atoms with E-state index in [2.05, 4.69) is 20.4 Å². The summed E-state index contributed by atoms with van der Waals surface area (Å²) < 4.78 is 13.2. The van der Waals surface area contributed by atoms with Crippen molar-refractivity contribution in [2.24, 2.45) is 4.99 Å². The smallest absolute Gasteiger partial charge is 0.237 e. The maximum absolute atomic E-state index is 13.2. The van der Waals surface area contributed by atoms with Crippen LogP contribution in [0.1, 0.15) is 28.1 Å². The molecule has 0 spiro atoms. The number of aromatic nitrogens is 2. The van der Waals surface area contributed by atoms with Gasteiger partial charge in [-0.15, -0.1) is 16.8 Å². The van der Waals surface area contributed by atoms with Gasteiger partial charge in [0.15, 0.2) is 17.1 Å². The Morgan fingerprint density at radius 2 is 2.26 bits per heavy atom. The number of thiazole rings is 1. The molecule has 4 rings (SSSR count). The maximum atomic E-state index is 13.2. The van der Waals surface area contributed by atoms with Crippen LogP contribution in [0, 0.1) is 5.82 Å². The number of carbonyl (C=O) groups is 1. The summed E-state index contributed by atoms with van der Waals surface area (Å²) in [5, 5.41) is 2.74. The molecule has 6 nitrogen and oxygen atoms in total. The Hall–Kier alpha value is -2.58. The van der Waals surface area contributed by atoms with Gasteiger partial charge in [0.25, 0.3) is 0 Å². The number of rotatable bonds is 3. The fraction of sp³-hybridized carbons (Fsp3) is 0.133. The molecule has 2 aromatic heterocycles. The first kappa shape index (κ1) is 14.0. The SMILES string of the molecule is CC1(c2csc(C(=O)c3cc4cc(F)ccc4[nH]3)n2)N=CON1. The lowest BCUT2D eigenvalue weighted by Gasteiger charge is -2.15. The predicted octanol–water partition coefficient (Wildman–Crippen LogP) is 2.73. The number of hydrogen-bond acceptors (Lipinski definition) is 6. The van der Waals surface area contributed by atoms with Crippen LogP contribution >= 0.6 is 11.3 Å². The highest BCUT2D eigenvalue weighted by atomic mass is 32.1. The fourth-order valence-electron chi connectivity index (χ4n) is 2.36. The van der Waals surface area contributed by atoms with Crippen LogP contribution in [-0.2, 0) is 10.5 Å². The lowest BCUT2D eigenvalue weighted by Crippen LogP contribution is -2.32. The molecular formula is C15H11FN4O2S. The second-order valence-corrected chi connectivity index (χ2v) is 6.17. The Balaban J connectivity index is 1.68. The molecule has 1 aromatic carbocycles. The van der Waals surface area contributed by atoms with E-state index in [1.807, 2.05) is 0 Å². The van der Waals surface area contributed by atoms with Gasteiger partial charge in [-0.3, -0.25) is 4.79 Å². The second-order valence-electron chi connectivity index (χ2n) is 5.31. The minimum Gasteiger partial charge on any atom is -0.394 e. The zero-order valence-electron chi connectivity index (χ0n) is 12.0. The van der Waals surface area contributed by atoms with E-state index in [4.69, 9.17) is 4.84 Å². The minimum absolute atomic E-state index is 0.246. The van der Waals surface area contributed by atoms with Crippen LogP contribution in [-0.4, -0.2) is 22.2 Å². The number of ketones is 1. The first-order valence-corrected chi connectivity index (χ1v) is 7.69. The number of nitrogens with zero attached hydrogens (tertiary/aromatic N) is 2. The Morgan fingerprint density at radius 1 is 1.39 bits per heavy atom. The van der Waals surface area contributed by atoms with Crippen molar-refractivity contribution in [2.45, 2.75) is 12.6 Å². The quantitative estimate of drug-likeness (QED) is 0.724. The second kappa shape index (κ2) is 4.97. The van der Waals surface area contributed by atoms with E-state index in [0.29, 0.717) is 27.3 Å². The molecule has 1 unspecified atom stereocenters. The number of aromatic amines is 1. The van der Waals surface area contributed by atoms with Crippen molar-refractivity contribution >= 4 is 34.4 Å². The summed E-state index contributed by atoms with van der Waals surface area (Å²) in [6.45, 7) is 1.80. The van der Waals surface area contributed by atoms with Gasteiger partial charge in [-0.2, -0.15) is 0 Å². The lowest BCUT2D eigenvalue weighted by atomic mass is 10.2. The minimum atomic E-state index is -0.793. The van der Waals surface area contributed by atoms with E-state index in [-0.39, 0.29) is 11.6 Å². The number of halogens is 1. The van der Waals surface area contributed by atoms with Gasteiger partial charge in [-0.05, 0) is 31.2 Å². The van der Waals surface area contributed by atoms with Crippen LogP contribution in [0.15, 0.2) is 34.6 Å². The number of hydrogen-bond donors (Lipinski definition) is 2. The first-order valence-electron chi connectivity index (χ1n) is 6.81. The number of H-pyrrole nitrogens is 1. The predicted molar refractivity (Wildman–Crippen MR) is 83.9 cm³/mol. The van der Waals surface area contributed by atoms with Crippen LogP contribution in [0.3, 0.4) is 0 Å². The standard InChI is InChI=1S/C15H11FN4O2S/c1-15(17-7-22-20-15)12-6-23-14(19-12)13(21)11-5-8-4-9(16)2-3-10(8)18-11/h2-7,18,20H,1H3. The number of aliphatic imine (C=N–C) groups is 1. The van der Waals surface area contributed by atoms with Gasteiger partial charge in [0, 0.05) is 16.3 Å². The number of benzene rings is 1. The highest BCUT2D eigenvalue weighted by Crippen LogP contribution is 2.27. The largest absolute Gasteiger partial charge is 0.394 e. The van der Waals surface area contributed by atoms with Crippen molar-refractivity contribution in [3.8, 4) is 0 Å². The highest BCUT2D eigenvalue weighted by molar-refractivity contribution is 7.12. The molecule has 0 bridgehead atoms. The van der Waals surface area contributed by atoms with Gasteiger partial charge in [-0.25, -0.2) is 14.4 Å². The molecule has 0 amide bonds. The van der Waals surface area contributed by atoms with Crippen molar-refractivity contribution in [3.63, 3.8) is 0 Å². The molecule has 0 aliphatic carbocycles. The van der Waals surface area contributed by atoms with E-state index in [0.717, 1.165) is 0 Å². The van der Waals surface area contributed by atoms with Crippen molar-refractivity contribution in [3.05, 3.63) is 51.9 Å². The van der Waals surface area contributed by atoms with Crippen molar-refractivity contribution in [2.75, 3.05) is 0 Å². The number of hydroxylamine groups is 1. The molecular weight excluding hydrogens is 319 g/mol. The van der Waals surface area contributed by atoms with Gasteiger partial charge in [0.2, 0.25) is 5.78 Å². The zero-order chi connectivity index (χ0) is 16.0. The summed E-state index contributed by atoms with van der Waals surface area (Å²) in [5.74, 6) is -0.588. The topological polar surface area (TPSA) is 79.4 Å². The molecule has 1 aliphatic heterocycles. The molecule has 3 heterocycles. The Morgan fingerprint density at radius 3 is 3.04 bits per heavy atom. The van der Waals surface area contributed by atoms with Gasteiger partial charge >= 0.3 is 0 Å². The van der Waals surface area contributed by atoms with E-state index in [1.54, 1.807) is 24.4 Å².